The molecule has 1 aromatic heterocycles. The summed E-state index contributed by atoms with van der Waals surface area (Å²) in [4.78, 5) is 12.5. The third-order valence-electron chi connectivity index (χ3n) is 4.44. The molecule has 0 aliphatic rings. The molecule has 0 aliphatic heterocycles. The lowest BCUT2D eigenvalue weighted by Gasteiger charge is -2.19. The zero-order chi connectivity index (χ0) is 19.4. The van der Waals surface area contributed by atoms with Gasteiger partial charge in [-0.1, -0.05) is 63.2 Å². The molecule has 1 amide bonds. The van der Waals surface area contributed by atoms with Gasteiger partial charge in [0.25, 0.3) is 5.91 Å². The smallest absolute Gasteiger partial charge is 0.251 e. The Morgan fingerprint density at radius 2 is 1.78 bits per heavy atom. The number of benzene rings is 2. The topological polar surface area (TPSA) is 62.7 Å². The van der Waals surface area contributed by atoms with Crippen LogP contribution in [-0.2, 0) is 18.5 Å². The van der Waals surface area contributed by atoms with E-state index in [1.807, 2.05) is 59.2 Å². The molecule has 0 radical (unpaired) electrons. The number of amides is 1. The fourth-order valence-corrected chi connectivity index (χ4v) is 3.01. The molecule has 2 N–H and O–H groups in total. The molecule has 0 unspecified atom stereocenters. The molecule has 140 valence electrons. The van der Waals surface area contributed by atoms with Crippen molar-refractivity contribution < 1.29 is 4.79 Å². The predicted octanol–water partition coefficient (Wildman–Crippen LogP) is 4.22. The van der Waals surface area contributed by atoms with Gasteiger partial charge in [0.1, 0.15) is 0 Å². The highest BCUT2D eigenvalue weighted by Gasteiger charge is 2.15. The molecule has 0 spiro atoms. The van der Waals surface area contributed by atoms with Crippen molar-refractivity contribution in [3.63, 3.8) is 0 Å². The van der Waals surface area contributed by atoms with Gasteiger partial charge in [0.2, 0.25) is 0 Å². The maximum atomic E-state index is 12.5. The van der Waals surface area contributed by atoms with Crippen molar-refractivity contribution in [1.29, 1.82) is 0 Å². The van der Waals surface area contributed by atoms with Crippen LogP contribution in [0.25, 0.3) is 0 Å². The third kappa shape index (κ3) is 4.71. The number of aromatic nitrogens is 3. The molecule has 3 rings (SSSR count). The number of hydrogen-bond acceptors (Lipinski definition) is 3. The fraction of sp³-hybridized carbons (Fsp3) is 0.286. The lowest BCUT2D eigenvalue weighted by atomic mass is 9.87. The van der Waals surface area contributed by atoms with E-state index in [2.05, 4.69) is 36.3 Å². The molecule has 1 heterocycles. The van der Waals surface area contributed by atoms with E-state index in [0.29, 0.717) is 29.2 Å². The van der Waals surface area contributed by atoms with Crippen LogP contribution in [0.4, 0.5) is 0 Å². The number of rotatable bonds is 5. The SMILES string of the molecule is CC(C)(C)c1ccc(C(=O)NCc2n[nH]c(=S)n2Cc2ccccc2)cc1. The predicted molar refractivity (Wildman–Crippen MR) is 109 cm³/mol. The number of H-pyrrole nitrogens is 1. The number of carbonyl (C=O) groups is 1. The van der Waals surface area contributed by atoms with Gasteiger partial charge in [-0.25, -0.2) is 0 Å². The van der Waals surface area contributed by atoms with E-state index >= 15 is 0 Å². The van der Waals surface area contributed by atoms with Crippen molar-refractivity contribution in [1.82, 2.24) is 20.1 Å². The van der Waals surface area contributed by atoms with E-state index < -0.39 is 0 Å². The lowest BCUT2D eigenvalue weighted by Crippen LogP contribution is -2.25. The molecule has 0 saturated carbocycles. The number of hydrogen-bond donors (Lipinski definition) is 2. The number of nitrogens with zero attached hydrogens (tertiary/aromatic N) is 2. The first-order chi connectivity index (χ1) is 12.8. The Morgan fingerprint density at radius 1 is 1.11 bits per heavy atom. The molecule has 0 aliphatic carbocycles. The molecule has 6 heteroatoms. The monoisotopic (exact) mass is 380 g/mol. The van der Waals surface area contributed by atoms with E-state index in [4.69, 9.17) is 12.2 Å². The van der Waals surface area contributed by atoms with Crippen LogP contribution in [0, 0.1) is 4.77 Å². The van der Waals surface area contributed by atoms with Gasteiger partial charge in [-0.05, 0) is 40.9 Å². The summed E-state index contributed by atoms with van der Waals surface area (Å²) in [5, 5.41) is 9.99. The minimum Gasteiger partial charge on any atom is -0.345 e. The zero-order valence-electron chi connectivity index (χ0n) is 15.8. The average Bonchev–Trinajstić information content (AvgIpc) is 3.00. The molecule has 0 atom stereocenters. The van der Waals surface area contributed by atoms with Gasteiger partial charge in [-0.15, -0.1) is 0 Å². The molecule has 2 aromatic carbocycles. The number of carbonyl (C=O) groups excluding carboxylic acids is 1. The van der Waals surface area contributed by atoms with Gasteiger partial charge in [0.15, 0.2) is 10.6 Å². The van der Waals surface area contributed by atoms with Crippen LogP contribution in [-0.4, -0.2) is 20.7 Å². The van der Waals surface area contributed by atoms with Gasteiger partial charge in [-0.2, -0.15) is 5.10 Å². The van der Waals surface area contributed by atoms with E-state index in [-0.39, 0.29) is 11.3 Å². The Kier molecular flexibility index (Phi) is 5.56. The van der Waals surface area contributed by atoms with E-state index in [1.54, 1.807) is 0 Å². The Balaban J connectivity index is 1.68. The van der Waals surface area contributed by atoms with E-state index in [0.717, 1.165) is 5.56 Å². The zero-order valence-corrected chi connectivity index (χ0v) is 16.6. The summed E-state index contributed by atoms with van der Waals surface area (Å²) in [6.45, 7) is 7.37. The summed E-state index contributed by atoms with van der Waals surface area (Å²) in [7, 11) is 0. The normalized spacial score (nSPS) is 11.4. The van der Waals surface area contributed by atoms with Gasteiger partial charge < -0.3 is 5.32 Å². The molecule has 0 fully saturated rings. The van der Waals surface area contributed by atoms with Crippen molar-refractivity contribution in [3.05, 3.63) is 81.9 Å². The van der Waals surface area contributed by atoms with Gasteiger partial charge in [0.05, 0.1) is 13.1 Å². The van der Waals surface area contributed by atoms with E-state index in [9.17, 15) is 4.79 Å². The first-order valence-corrected chi connectivity index (χ1v) is 9.32. The van der Waals surface area contributed by atoms with Crippen LogP contribution >= 0.6 is 12.2 Å². The fourth-order valence-electron chi connectivity index (χ4n) is 2.80. The highest BCUT2D eigenvalue weighted by atomic mass is 32.1. The minimum absolute atomic E-state index is 0.0624. The molecular weight excluding hydrogens is 356 g/mol. The maximum Gasteiger partial charge on any atom is 0.251 e. The van der Waals surface area contributed by atoms with Crippen LogP contribution in [0.2, 0.25) is 0 Å². The summed E-state index contributed by atoms with van der Waals surface area (Å²) < 4.78 is 2.44. The molecule has 5 nitrogen and oxygen atoms in total. The molecule has 27 heavy (non-hydrogen) atoms. The van der Waals surface area contributed by atoms with Crippen molar-refractivity contribution in [3.8, 4) is 0 Å². The van der Waals surface area contributed by atoms with E-state index in [1.165, 1.54) is 5.56 Å². The first kappa shape index (κ1) is 19.0. The number of aromatic amines is 1. The largest absolute Gasteiger partial charge is 0.345 e. The summed E-state index contributed by atoms with van der Waals surface area (Å²) in [6, 6.07) is 17.7. The first-order valence-electron chi connectivity index (χ1n) is 8.91. The second-order valence-corrected chi connectivity index (χ2v) is 7.91. The standard InChI is InChI=1S/C21H24N4OS/c1-21(2,3)17-11-9-16(10-12-17)19(26)22-13-18-23-24-20(27)25(18)14-15-7-5-4-6-8-15/h4-12H,13-14H2,1-3H3,(H,22,26)(H,24,27). The van der Waals surface area contributed by atoms with Crippen LogP contribution in [0.1, 0.15) is 48.1 Å². The van der Waals surface area contributed by atoms with Crippen LogP contribution < -0.4 is 5.32 Å². The average molecular weight is 381 g/mol. The third-order valence-corrected chi connectivity index (χ3v) is 4.75. The quantitative estimate of drug-likeness (QED) is 0.652. The van der Waals surface area contributed by atoms with Crippen molar-refractivity contribution in [2.45, 2.75) is 39.3 Å². The van der Waals surface area contributed by atoms with Crippen molar-refractivity contribution >= 4 is 18.1 Å². The van der Waals surface area contributed by atoms with Gasteiger partial charge in [0, 0.05) is 5.56 Å². The van der Waals surface area contributed by atoms with Crippen LogP contribution in [0.15, 0.2) is 54.6 Å². The molecule has 0 saturated heterocycles. The number of nitrogens with one attached hydrogen (secondary N) is 2. The minimum atomic E-state index is -0.129. The van der Waals surface area contributed by atoms with Crippen molar-refractivity contribution in [2.24, 2.45) is 0 Å². The summed E-state index contributed by atoms with van der Waals surface area (Å²) in [5.41, 5.74) is 3.02. The summed E-state index contributed by atoms with van der Waals surface area (Å²) in [6.07, 6.45) is 0. The van der Waals surface area contributed by atoms with Crippen LogP contribution in [0.3, 0.4) is 0 Å². The molecular formula is C21H24N4OS. The van der Waals surface area contributed by atoms with Gasteiger partial charge >= 0.3 is 0 Å². The summed E-state index contributed by atoms with van der Waals surface area (Å²) >= 11 is 5.33. The highest BCUT2D eigenvalue weighted by molar-refractivity contribution is 7.71. The Bertz CT molecular complexity index is 966. The maximum absolute atomic E-state index is 12.5. The van der Waals surface area contributed by atoms with Crippen molar-refractivity contribution in [2.75, 3.05) is 0 Å². The van der Waals surface area contributed by atoms with Gasteiger partial charge in [-0.3, -0.25) is 14.5 Å². The Hall–Kier alpha value is -2.73. The Morgan fingerprint density at radius 3 is 2.41 bits per heavy atom. The Labute approximate surface area is 164 Å². The second-order valence-electron chi connectivity index (χ2n) is 7.53. The lowest BCUT2D eigenvalue weighted by molar-refractivity contribution is 0.0949. The van der Waals surface area contributed by atoms with Crippen LogP contribution in [0.5, 0.6) is 0 Å². The summed E-state index contributed by atoms with van der Waals surface area (Å²) in [5.74, 6) is 0.569. The molecule has 0 bridgehead atoms. The second kappa shape index (κ2) is 7.88. The highest BCUT2D eigenvalue weighted by Crippen LogP contribution is 2.22. The molecule has 3 aromatic rings.